The summed E-state index contributed by atoms with van der Waals surface area (Å²) in [5.41, 5.74) is 3.26. The quantitative estimate of drug-likeness (QED) is 0.565. The first-order valence-corrected chi connectivity index (χ1v) is 11.7. The summed E-state index contributed by atoms with van der Waals surface area (Å²) in [5, 5.41) is 11.2. The lowest BCUT2D eigenvalue weighted by atomic mass is 9.96. The molecule has 1 fully saturated rings. The van der Waals surface area contributed by atoms with E-state index in [1.807, 2.05) is 24.0 Å². The third-order valence-corrected chi connectivity index (χ3v) is 6.43. The van der Waals surface area contributed by atoms with Crippen LogP contribution in [0, 0.1) is 11.6 Å². The third kappa shape index (κ3) is 4.72. The van der Waals surface area contributed by atoms with Crippen molar-refractivity contribution >= 4 is 22.8 Å². The van der Waals surface area contributed by atoms with Crippen molar-refractivity contribution < 1.29 is 18.6 Å². The fourth-order valence-corrected chi connectivity index (χ4v) is 4.51. The van der Waals surface area contributed by atoms with Gasteiger partial charge in [-0.05, 0) is 61.2 Å². The molecule has 2 aliphatic rings. The van der Waals surface area contributed by atoms with Gasteiger partial charge in [-0.1, -0.05) is 12.1 Å². The Morgan fingerprint density at radius 1 is 1.06 bits per heavy atom. The number of fused-ring (bicyclic) bond motifs is 1. The first-order chi connectivity index (χ1) is 17.0. The third-order valence-electron chi connectivity index (χ3n) is 6.43. The van der Waals surface area contributed by atoms with Crippen LogP contribution >= 0.6 is 0 Å². The number of hydrogen-bond acceptors (Lipinski definition) is 6. The van der Waals surface area contributed by atoms with Crippen LogP contribution in [0.1, 0.15) is 31.4 Å². The lowest BCUT2D eigenvalue weighted by molar-refractivity contribution is 0.122. The minimum Gasteiger partial charge on any atom is -0.382 e. The molecule has 3 aromatic rings. The Kier molecular flexibility index (Phi) is 6.66. The van der Waals surface area contributed by atoms with Crippen molar-refractivity contribution in [2.24, 2.45) is 4.99 Å². The summed E-state index contributed by atoms with van der Waals surface area (Å²) in [6.45, 7) is 4.39. The van der Waals surface area contributed by atoms with Gasteiger partial charge in [-0.3, -0.25) is 4.99 Å². The van der Waals surface area contributed by atoms with Gasteiger partial charge in [0.25, 0.3) is 0 Å². The molecule has 3 heterocycles. The molecule has 1 saturated heterocycles. The molecule has 5 rings (SSSR count). The molecule has 1 unspecified atom stereocenters. The molecule has 1 aromatic heterocycles. The highest BCUT2D eigenvalue weighted by Crippen LogP contribution is 2.35. The first kappa shape index (κ1) is 23.3. The maximum atomic E-state index is 15.4. The Hall–Kier alpha value is -3.49. The number of aliphatic imine (C=N–C) groups is 1. The van der Waals surface area contributed by atoms with Gasteiger partial charge in [0.05, 0.1) is 35.5 Å². The van der Waals surface area contributed by atoms with E-state index in [2.05, 4.69) is 15.0 Å². The van der Waals surface area contributed by atoms with Gasteiger partial charge >= 0.3 is 0 Å². The van der Waals surface area contributed by atoms with Crippen molar-refractivity contribution in [2.75, 3.05) is 31.2 Å². The van der Waals surface area contributed by atoms with Crippen LogP contribution in [0.15, 0.2) is 65.1 Å². The van der Waals surface area contributed by atoms with Crippen molar-refractivity contribution in [3.05, 3.63) is 77.3 Å². The van der Waals surface area contributed by atoms with Crippen LogP contribution < -0.4 is 4.90 Å². The minimum absolute atomic E-state index is 0.0972. The molecule has 35 heavy (non-hydrogen) atoms. The summed E-state index contributed by atoms with van der Waals surface area (Å²) in [6, 6.07) is 7.52. The molecular weight excluding hydrogens is 450 g/mol. The Labute approximate surface area is 202 Å². The molecule has 1 atom stereocenters. The molecule has 0 saturated carbocycles. The first-order valence-electron chi connectivity index (χ1n) is 11.7. The predicted octanol–water partition coefficient (Wildman–Crippen LogP) is 5.14. The van der Waals surface area contributed by atoms with E-state index in [-0.39, 0.29) is 16.6 Å². The monoisotopic (exact) mass is 476 g/mol. The van der Waals surface area contributed by atoms with Crippen LogP contribution in [0.3, 0.4) is 0 Å². The zero-order chi connectivity index (χ0) is 24.4. The number of anilines is 1. The minimum atomic E-state index is -1.05. The number of rotatable bonds is 4. The Balaban J connectivity index is 1.58. The van der Waals surface area contributed by atoms with Gasteiger partial charge in [0.1, 0.15) is 24.1 Å². The van der Waals surface area contributed by atoms with Crippen molar-refractivity contribution in [3.8, 4) is 11.3 Å². The smallest absolute Gasteiger partial charge is 0.136 e. The van der Waals surface area contributed by atoms with E-state index in [0.717, 1.165) is 18.4 Å². The molecule has 0 aliphatic carbocycles. The Morgan fingerprint density at radius 3 is 2.71 bits per heavy atom. The van der Waals surface area contributed by atoms with Gasteiger partial charge in [0.15, 0.2) is 0 Å². The number of ether oxygens (including phenoxy) is 1. The standard InChI is InChI=1S/C27H26F2N4O2/c1-17-5-3-2-4-8-30-25(17)27(34)18-6-7-21(28)20(13-18)26-24-22(29)14-19(15-23(24)31-16-32-26)33-9-11-35-12-10-33/h2,4,6-8,13-16,27,34H,3,5,9-12H2,1H3. The fourth-order valence-electron chi connectivity index (χ4n) is 4.51. The van der Waals surface area contributed by atoms with E-state index in [1.165, 1.54) is 30.6 Å². The summed E-state index contributed by atoms with van der Waals surface area (Å²) in [6.07, 6.45) is 7.37. The second kappa shape index (κ2) is 10.0. The van der Waals surface area contributed by atoms with Crippen LogP contribution in [0.5, 0.6) is 0 Å². The van der Waals surface area contributed by atoms with Crippen molar-refractivity contribution in [3.63, 3.8) is 0 Å². The number of hydrogen-bond donors (Lipinski definition) is 1. The number of morpholine rings is 1. The summed E-state index contributed by atoms with van der Waals surface area (Å²) in [5.74, 6) is -1.09. The molecule has 1 N–H and O–H groups in total. The predicted molar refractivity (Wildman–Crippen MR) is 132 cm³/mol. The fraction of sp³-hybridized carbons (Fsp3) is 0.296. The second-order valence-electron chi connectivity index (χ2n) is 8.70. The number of halogens is 2. The molecule has 8 heteroatoms. The molecule has 0 bridgehead atoms. The van der Waals surface area contributed by atoms with Gasteiger partial charge in [0.2, 0.25) is 0 Å². The van der Waals surface area contributed by atoms with Crippen LogP contribution in [0.25, 0.3) is 22.2 Å². The van der Waals surface area contributed by atoms with E-state index in [9.17, 15) is 5.11 Å². The Bertz CT molecular complexity index is 1350. The molecule has 2 aromatic carbocycles. The van der Waals surface area contributed by atoms with Crippen LogP contribution in [0.2, 0.25) is 0 Å². The zero-order valence-electron chi connectivity index (χ0n) is 19.4. The summed E-state index contributed by atoms with van der Waals surface area (Å²) < 4.78 is 35.9. The van der Waals surface area contributed by atoms with Crippen molar-refractivity contribution in [2.45, 2.75) is 25.9 Å². The van der Waals surface area contributed by atoms with Crippen LogP contribution in [0.4, 0.5) is 14.5 Å². The molecule has 0 radical (unpaired) electrons. The SMILES string of the molecule is CC1=C(C(O)c2ccc(F)c(-c3ncnc4cc(N5CCOCC5)cc(F)c34)c2)N=CC=CCC1. The van der Waals surface area contributed by atoms with Gasteiger partial charge in [0, 0.05) is 30.6 Å². The highest BCUT2D eigenvalue weighted by Gasteiger charge is 2.22. The van der Waals surface area contributed by atoms with Crippen molar-refractivity contribution in [1.29, 1.82) is 0 Å². The molecule has 180 valence electrons. The maximum absolute atomic E-state index is 15.4. The van der Waals surface area contributed by atoms with E-state index in [0.29, 0.717) is 48.8 Å². The second-order valence-corrected chi connectivity index (χ2v) is 8.70. The number of aromatic nitrogens is 2. The molecule has 2 aliphatic heterocycles. The molecule has 6 nitrogen and oxygen atoms in total. The molecule has 0 spiro atoms. The van der Waals surface area contributed by atoms with Gasteiger partial charge in [-0.2, -0.15) is 0 Å². The van der Waals surface area contributed by atoms with E-state index in [1.54, 1.807) is 12.3 Å². The largest absolute Gasteiger partial charge is 0.382 e. The summed E-state index contributed by atoms with van der Waals surface area (Å²) in [4.78, 5) is 14.9. The van der Waals surface area contributed by atoms with E-state index in [4.69, 9.17) is 4.74 Å². The van der Waals surface area contributed by atoms with Crippen LogP contribution in [-0.2, 0) is 4.74 Å². The highest BCUT2D eigenvalue weighted by molar-refractivity contribution is 5.94. The van der Waals surface area contributed by atoms with Crippen molar-refractivity contribution in [1.82, 2.24) is 9.97 Å². The van der Waals surface area contributed by atoms with Crippen LogP contribution in [-0.4, -0.2) is 47.6 Å². The van der Waals surface area contributed by atoms with Gasteiger partial charge in [-0.15, -0.1) is 0 Å². The number of benzene rings is 2. The average Bonchev–Trinajstić information content (AvgIpc) is 2.86. The lowest BCUT2D eigenvalue weighted by Gasteiger charge is -2.29. The highest BCUT2D eigenvalue weighted by atomic mass is 19.1. The molecule has 0 amide bonds. The average molecular weight is 477 g/mol. The Morgan fingerprint density at radius 2 is 1.89 bits per heavy atom. The van der Waals surface area contributed by atoms with E-state index >= 15 is 8.78 Å². The summed E-state index contributed by atoms with van der Waals surface area (Å²) in [7, 11) is 0. The number of allylic oxidation sites excluding steroid dienone is 3. The number of nitrogens with zero attached hydrogens (tertiary/aromatic N) is 4. The summed E-state index contributed by atoms with van der Waals surface area (Å²) >= 11 is 0. The molecular formula is C27H26F2N4O2. The topological polar surface area (TPSA) is 70.8 Å². The van der Waals surface area contributed by atoms with Gasteiger partial charge in [-0.25, -0.2) is 18.7 Å². The normalized spacial score (nSPS) is 17.5. The lowest BCUT2D eigenvalue weighted by Crippen LogP contribution is -2.36. The number of aliphatic hydroxyl groups excluding tert-OH is 1. The van der Waals surface area contributed by atoms with E-state index < -0.39 is 17.7 Å². The zero-order valence-corrected chi connectivity index (χ0v) is 19.4. The maximum Gasteiger partial charge on any atom is 0.136 e. The number of aliphatic hydroxyl groups is 1. The van der Waals surface area contributed by atoms with Gasteiger partial charge < -0.3 is 14.7 Å².